The number of halogens is 15. The van der Waals surface area contributed by atoms with Gasteiger partial charge in [-0.05, 0) is 0 Å². The quantitative estimate of drug-likeness (QED) is 0.499. The Morgan fingerprint density at radius 2 is 0.778 bits per heavy atom. The van der Waals surface area contributed by atoms with Crippen molar-refractivity contribution in [2.45, 2.75) is 46.5 Å². The first-order valence-corrected chi connectivity index (χ1v) is 6.99. The van der Waals surface area contributed by atoms with Gasteiger partial charge >= 0.3 is 46.5 Å². The highest BCUT2D eigenvalue weighted by Gasteiger charge is 3.09. The maximum absolute atomic E-state index is 13.6. The molecule has 0 aromatic carbocycles. The second kappa shape index (κ2) is 5.07. The summed E-state index contributed by atoms with van der Waals surface area (Å²) in [5, 5.41) is 0. The first kappa shape index (κ1) is 23.9. The first-order chi connectivity index (χ1) is 11.2. The Labute approximate surface area is 136 Å². The molecule has 1 saturated carbocycles. The van der Waals surface area contributed by atoms with E-state index in [-0.39, 0.29) is 0 Å². The monoisotopic (exact) mass is 462 g/mol. The normalized spacial score (nSPS) is 28.6. The molecule has 0 unspecified atom stereocenters. The third-order valence-electron chi connectivity index (χ3n) is 3.65. The van der Waals surface area contributed by atoms with Crippen LogP contribution in [0.1, 0.15) is 0 Å². The van der Waals surface area contributed by atoms with E-state index in [1.54, 1.807) is 0 Å². The summed E-state index contributed by atoms with van der Waals surface area (Å²) in [5.74, 6) is -50.0. The molecule has 3 nitrogen and oxygen atoms in total. The van der Waals surface area contributed by atoms with Crippen molar-refractivity contribution >= 4 is 10.1 Å². The maximum atomic E-state index is 13.6. The summed E-state index contributed by atoms with van der Waals surface area (Å²) < 4.78 is 218. The second-order valence-electron chi connectivity index (χ2n) is 5.10. The topological polar surface area (TPSA) is 54.4 Å². The molecule has 0 aromatic heterocycles. The number of hydrogen-bond donors (Lipinski definition) is 1. The second-order valence-corrected chi connectivity index (χ2v) is 6.66. The molecule has 0 aromatic rings. The molecule has 0 aliphatic heterocycles. The SMILES string of the molecule is O=S(=O)(O)C1(C(F)(F)C(F)(F)F)C(F)(F)C(F)(F)C(F)(F)C(F)(F)C1(F)F. The molecule has 19 heteroatoms. The van der Waals surface area contributed by atoms with E-state index < -0.39 is 56.6 Å². The molecule has 0 amide bonds. The van der Waals surface area contributed by atoms with Crippen LogP contribution in [0.4, 0.5) is 65.9 Å². The molecule has 162 valence electrons. The van der Waals surface area contributed by atoms with Crippen LogP contribution in [-0.4, -0.2) is 59.4 Å². The molecule has 1 aliphatic rings. The summed E-state index contributed by atoms with van der Waals surface area (Å²) in [7, 11) is -8.70. The highest BCUT2D eigenvalue weighted by molar-refractivity contribution is 7.87. The van der Waals surface area contributed by atoms with E-state index in [1.807, 2.05) is 0 Å². The van der Waals surface area contributed by atoms with Gasteiger partial charge in [-0.1, -0.05) is 0 Å². The largest absolute Gasteiger partial charge is 0.455 e. The van der Waals surface area contributed by atoms with Crippen LogP contribution in [0, 0.1) is 0 Å². The van der Waals surface area contributed by atoms with Gasteiger partial charge in [0, 0.05) is 0 Å². The first-order valence-electron chi connectivity index (χ1n) is 5.55. The minimum atomic E-state index is -8.70. The highest BCUT2D eigenvalue weighted by atomic mass is 32.2. The fourth-order valence-electron chi connectivity index (χ4n) is 2.31. The van der Waals surface area contributed by atoms with Gasteiger partial charge in [0.15, 0.2) is 0 Å². The Kier molecular flexibility index (Phi) is 4.48. The van der Waals surface area contributed by atoms with Crippen LogP contribution >= 0.6 is 0 Å². The van der Waals surface area contributed by atoms with Crippen molar-refractivity contribution in [2.24, 2.45) is 0 Å². The van der Waals surface area contributed by atoms with Crippen LogP contribution in [0.15, 0.2) is 0 Å². The van der Waals surface area contributed by atoms with E-state index in [1.165, 1.54) is 0 Å². The highest BCUT2D eigenvalue weighted by Crippen LogP contribution is 2.74. The van der Waals surface area contributed by atoms with E-state index in [0.717, 1.165) is 0 Å². The van der Waals surface area contributed by atoms with Gasteiger partial charge in [-0.25, -0.2) is 0 Å². The van der Waals surface area contributed by atoms with Gasteiger partial charge in [0.25, 0.3) is 10.1 Å². The van der Waals surface area contributed by atoms with Gasteiger partial charge in [0.05, 0.1) is 0 Å². The smallest absolute Gasteiger partial charge is 0.285 e. The lowest BCUT2D eigenvalue weighted by Gasteiger charge is -2.55. The minimum absolute atomic E-state index is 8.04. The Hall–Kier alpha value is -1.14. The van der Waals surface area contributed by atoms with Crippen LogP contribution in [0.5, 0.6) is 0 Å². The third kappa shape index (κ3) is 2.04. The van der Waals surface area contributed by atoms with Crippen molar-refractivity contribution in [3.05, 3.63) is 0 Å². The average Bonchev–Trinajstić information content (AvgIpc) is 2.32. The predicted octanol–water partition coefficient (Wildman–Crippen LogP) is 4.00. The van der Waals surface area contributed by atoms with Crippen LogP contribution in [0.25, 0.3) is 0 Å². The predicted molar refractivity (Wildman–Crippen MR) is 50.0 cm³/mol. The van der Waals surface area contributed by atoms with E-state index in [0.29, 0.717) is 0 Å². The Bertz CT molecular complexity index is 703. The molecule has 0 atom stereocenters. The molecular formula is C8HF15O3S. The molecule has 1 rings (SSSR count). The molecule has 0 spiro atoms. The van der Waals surface area contributed by atoms with Crippen molar-refractivity contribution < 1.29 is 78.8 Å². The van der Waals surface area contributed by atoms with E-state index >= 15 is 0 Å². The fraction of sp³-hybridized carbons (Fsp3) is 1.00. The summed E-state index contributed by atoms with van der Waals surface area (Å²) >= 11 is 0. The number of hydrogen-bond acceptors (Lipinski definition) is 2. The molecule has 0 heterocycles. The van der Waals surface area contributed by atoms with Gasteiger partial charge in [0.2, 0.25) is 0 Å². The summed E-state index contributed by atoms with van der Waals surface area (Å²) in [6, 6.07) is 0. The minimum Gasteiger partial charge on any atom is -0.285 e. The molecule has 0 saturated heterocycles. The van der Waals surface area contributed by atoms with Crippen molar-refractivity contribution in [2.75, 3.05) is 0 Å². The maximum Gasteiger partial charge on any atom is 0.455 e. The standard InChI is InChI=1S/C8HF15O3S/c9-2(10)1(27(24,25)26,4(13,14)8(21,22)23)3(11,12)6(17,18)7(19,20)5(2,15)16/h(H,24,25,26). The van der Waals surface area contributed by atoms with Gasteiger partial charge in [-0.2, -0.15) is 74.3 Å². The zero-order valence-electron chi connectivity index (χ0n) is 11.3. The summed E-state index contributed by atoms with van der Waals surface area (Å²) in [6.45, 7) is 0. The molecule has 27 heavy (non-hydrogen) atoms. The lowest BCUT2D eigenvalue weighted by atomic mass is 9.70. The lowest BCUT2D eigenvalue weighted by Crippen LogP contribution is -2.91. The molecule has 1 aliphatic carbocycles. The summed E-state index contributed by atoms with van der Waals surface area (Å²) in [5.41, 5.74) is 0. The van der Waals surface area contributed by atoms with Crippen molar-refractivity contribution in [3.8, 4) is 0 Å². The van der Waals surface area contributed by atoms with Crippen LogP contribution in [-0.2, 0) is 10.1 Å². The number of rotatable bonds is 2. The third-order valence-corrected chi connectivity index (χ3v) is 5.19. The average molecular weight is 462 g/mol. The van der Waals surface area contributed by atoms with Crippen LogP contribution < -0.4 is 0 Å². The Morgan fingerprint density at radius 3 is 0.963 bits per heavy atom. The van der Waals surface area contributed by atoms with Crippen molar-refractivity contribution in [1.29, 1.82) is 0 Å². The number of alkyl halides is 15. The zero-order valence-corrected chi connectivity index (χ0v) is 12.2. The Balaban J connectivity index is 4.46. The van der Waals surface area contributed by atoms with Gasteiger partial charge < -0.3 is 0 Å². The zero-order chi connectivity index (χ0) is 22.5. The van der Waals surface area contributed by atoms with Crippen molar-refractivity contribution in [3.63, 3.8) is 0 Å². The molecule has 0 radical (unpaired) electrons. The van der Waals surface area contributed by atoms with Crippen LogP contribution in [0.3, 0.4) is 0 Å². The van der Waals surface area contributed by atoms with Gasteiger partial charge in [-0.15, -0.1) is 0 Å². The van der Waals surface area contributed by atoms with E-state index in [4.69, 9.17) is 4.55 Å². The molecule has 0 bridgehead atoms. The fourth-order valence-corrected chi connectivity index (χ4v) is 3.65. The molecular weight excluding hydrogens is 461 g/mol. The van der Waals surface area contributed by atoms with Gasteiger partial charge in [0.1, 0.15) is 0 Å². The summed E-state index contributed by atoms with van der Waals surface area (Å²) in [4.78, 5) is 0. The molecule has 1 fully saturated rings. The van der Waals surface area contributed by atoms with E-state index in [2.05, 4.69) is 0 Å². The lowest BCUT2D eigenvalue weighted by molar-refractivity contribution is -0.483. The van der Waals surface area contributed by atoms with Gasteiger partial charge in [-0.3, -0.25) is 4.55 Å². The molecule has 1 N–H and O–H groups in total. The summed E-state index contributed by atoms with van der Waals surface area (Å²) in [6.07, 6.45) is -8.05. The van der Waals surface area contributed by atoms with Crippen molar-refractivity contribution in [1.82, 2.24) is 0 Å². The Morgan fingerprint density at radius 1 is 0.556 bits per heavy atom. The van der Waals surface area contributed by atoms with Crippen LogP contribution in [0.2, 0.25) is 0 Å². The van der Waals surface area contributed by atoms with E-state index in [9.17, 15) is 74.3 Å².